The zero-order chi connectivity index (χ0) is 11.0. The van der Waals surface area contributed by atoms with Gasteiger partial charge in [0.1, 0.15) is 5.66 Å². The molecule has 15 heavy (non-hydrogen) atoms. The molecule has 1 aliphatic heterocycles. The van der Waals surface area contributed by atoms with Crippen molar-refractivity contribution in [3.05, 3.63) is 0 Å². The Bertz CT molecular complexity index is 209. The topological polar surface area (TPSA) is 36.8 Å². The molecule has 86 valence electrons. The van der Waals surface area contributed by atoms with Gasteiger partial charge in [0.2, 0.25) is 0 Å². The van der Waals surface area contributed by atoms with Crippen LogP contribution in [0.15, 0.2) is 9.98 Å². The van der Waals surface area contributed by atoms with Crippen molar-refractivity contribution in [1.82, 2.24) is 5.32 Å². The molecular formula is C12H23N3. The molecule has 0 unspecified atom stereocenters. The fourth-order valence-electron chi connectivity index (χ4n) is 1.72. The predicted octanol–water partition coefficient (Wildman–Crippen LogP) is 2.42. The fourth-order valence-corrected chi connectivity index (χ4v) is 1.72. The highest BCUT2D eigenvalue weighted by Crippen LogP contribution is 2.20. The summed E-state index contributed by atoms with van der Waals surface area (Å²) >= 11 is 0. The molecule has 1 N–H and O–H groups in total. The Morgan fingerprint density at radius 1 is 1.07 bits per heavy atom. The summed E-state index contributed by atoms with van der Waals surface area (Å²) in [5, 5.41) is 3.46. The lowest BCUT2D eigenvalue weighted by Crippen LogP contribution is -2.21. The van der Waals surface area contributed by atoms with E-state index in [1.165, 1.54) is 19.3 Å². The molecule has 0 saturated carbocycles. The largest absolute Gasteiger partial charge is 0.317 e. The van der Waals surface area contributed by atoms with E-state index in [1.54, 1.807) is 12.4 Å². The van der Waals surface area contributed by atoms with Crippen molar-refractivity contribution in [2.24, 2.45) is 9.98 Å². The second-order valence-electron chi connectivity index (χ2n) is 4.33. The van der Waals surface area contributed by atoms with Crippen molar-refractivity contribution in [3.63, 3.8) is 0 Å². The Hall–Kier alpha value is -0.700. The van der Waals surface area contributed by atoms with Crippen LogP contribution in [0.1, 0.15) is 46.0 Å². The van der Waals surface area contributed by atoms with Gasteiger partial charge in [0.25, 0.3) is 0 Å². The summed E-state index contributed by atoms with van der Waals surface area (Å²) in [5.74, 6) is 0. The molecule has 0 aromatic rings. The van der Waals surface area contributed by atoms with E-state index in [9.17, 15) is 0 Å². The van der Waals surface area contributed by atoms with Gasteiger partial charge in [0.05, 0.1) is 0 Å². The molecule has 3 heteroatoms. The highest BCUT2D eigenvalue weighted by molar-refractivity contribution is 6.17. The summed E-state index contributed by atoms with van der Waals surface area (Å²) in [6.45, 7) is 6.56. The van der Waals surface area contributed by atoms with Crippen molar-refractivity contribution < 1.29 is 0 Å². The Morgan fingerprint density at radius 3 is 2.40 bits per heavy atom. The van der Waals surface area contributed by atoms with E-state index in [0.717, 1.165) is 25.9 Å². The number of nitrogens with zero attached hydrogens (tertiary/aromatic N) is 2. The first-order valence-electron chi connectivity index (χ1n) is 6.06. The van der Waals surface area contributed by atoms with Gasteiger partial charge in [-0.2, -0.15) is 0 Å². The maximum atomic E-state index is 4.34. The van der Waals surface area contributed by atoms with Gasteiger partial charge in [-0.3, -0.25) is 9.98 Å². The van der Waals surface area contributed by atoms with E-state index in [0.29, 0.717) is 0 Å². The van der Waals surface area contributed by atoms with Crippen LogP contribution in [-0.4, -0.2) is 31.2 Å². The third-order valence-corrected chi connectivity index (χ3v) is 2.73. The molecule has 0 aromatic carbocycles. The molecule has 0 spiro atoms. The molecule has 0 saturated heterocycles. The normalized spacial score (nSPS) is 17.5. The second kappa shape index (κ2) is 6.72. The molecule has 1 rings (SSSR count). The Kier molecular flexibility index (Phi) is 5.54. The number of hydrogen-bond acceptors (Lipinski definition) is 3. The Labute approximate surface area is 93.1 Å². The third kappa shape index (κ3) is 5.07. The standard InChI is InChI=1S/C12H23N3/c1-3-4-5-8-13-9-6-7-12(2)14-10-11-15-12/h10-11,13H,3-9H2,1-2H3. The fraction of sp³-hybridized carbons (Fsp3) is 0.833. The predicted molar refractivity (Wildman–Crippen MR) is 67.0 cm³/mol. The zero-order valence-corrected chi connectivity index (χ0v) is 10.00. The monoisotopic (exact) mass is 209 g/mol. The third-order valence-electron chi connectivity index (χ3n) is 2.73. The molecule has 1 heterocycles. The summed E-state index contributed by atoms with van der Waals surface area (Å²) < 4.78 is 0. The molecule has 1 aliphatic rings. The molecule has 0 fully saturated rings. The van der Waals surface area contributed by atoms with E-state index in [-0.39, 0.29) is 5.66 Å². The van der Waals surface area contributed by atoms with Crippen LogP contribution in [0.3, 0.4) is 0 Å². The van der Waals surface area contributed by atoms with E-state index >= 15 is 0 Å². The summed E-state index contributed by atoms with van der Waals surface area (Å²) in [6, 6.07) is 0. The van der Waals surface area contributed by atoms with Crippen LogP contribution in [0.2, 0.25) is 0 Å². The summed E-state index contributed by atoms with van der Waals surface area (Å²) in [4.78, 5) is 8.68. The van der Waals surface area contributed by atoms with Crippen molar-refractivity contribution in [1.29, 1.82) is 0 Å². The highest BCUT2D eigenvalue weighted by atomic mass is 15.1. The molecular weight excluding hydrogens is 186 g/mol. The average molecular weight is 209 g/mol. The van der Waals surface area contributed by atoms with Crippen molar-refractivity contribution in [2.75, 3.05) is 13.1 Å². The first kappa shape index (κ1) is 12.4. The Morgan fingerprint density at radius 2 is 1.73 bits per heavy atom. The minimum atomic E-state index is -0.162. The smallest absolute Gasteiger partial charge is 0.147 e. The summed E-state index contributed by atoms with van der Waals surface area (Å²) in [5.41, 5.74) is -0.162. The lowest BCUT2D eigenvalue weighted by Gasteiger charge is -2.16. The van der Waals surface area contributed by atoms with Gasteiger partial charge in [0.15, 0.2) is 0 Å². The molecule has 0 radical (unpaired) electrons. The first-order chi connectivity index (χ1) is 7.27. The van der Waals surface area contributed by atoms with Crippen LogP contribution in [0, 0.1) is 0 Å². The van der Waals surface area contributed by atoms with Crippen LogP contribution in [0.25, 0.3) is 0 Å². The second-order valence-corrected chi connectivity index (χ2v) is 4.33. The van der Waals surface area contributed by atoms with Gasteiger partial charge in [-0.15, -0.1) is 0 Å². The SMILES string of the molecule is CCCCCNCCCC1(C)N=CC=N1. The van der Waals surface area contributed by atoms with Gasteiger partial charge in [0, 0.05) is 12.4 Å². The molecule has 0 aromatic heterocycles. The van der Waals surface area contributed by atoms with Gasteiger partial charge in [-0.05, 0) is 39.3 Å². The van der Waals surface area contributed by atoms with E-state index < -0.39 is 0 Å². The summed E-state index contributed by atoms with van der Waals surface area (Å²) in [6.07, 6.45) is 9.72. The van der Waals surface area contributed by atoms with Gasteiger partial charge in [-0.25, -0.2) is 0 Å². The maximum Gasteiger partial charge on any atom is 0.147 e. The minimum absolute atomic E-state index is 0.162. The van der Waals surface area contributed by atoms with Gasteiger partial charge in [-0.1, -0.05) is 19.8 Å². The highest BCUT2D eigenvalue weighted by Gasteiger charge is 2.21. The lowest BCUT2D eigenvalue weighted by molar-refractivity contribution is 0.440. The van der Waals surface area contributed by atoms with Crippen LogP contribution in [-0.2, 0) is 0 Å². The quantitative estimate of drug-likeness (QED) is 0.612. The van der Waals surface area contributed by atoms with Gasteiger partial charge >= 0.3 is 0 Å². The number of unbranched alkanes of at least 4 members (excludes halogenated alkanes) is 2. The first-order valence-corrected chi connectivity index (χ1v) is 6.06. The number of aliphatic imine (C=N–C) groups is 2. The number of rotatable bonds is 8. The van der Waals surface area contributed by atoms with Crippen LogP contribution < -0.4 is 5.32 Å². The molecule has 0 atom stereocenters. The molecule has 0 amide bonds. The van der Waals surface area contributed by atoms with E-state index in [4.69, 9.17) is 0 Å². The van der Waals surface area contributed by atoms with Crippen molar-refractivity contribution in [2.45, 2.75) is 51.6 Å². The number of nitrogens with one attached hydrogen (secondary N) is 1. The Balaban J connectivity index is 1.93. The zero-order valence-electron chi connectivity index (χ0n) is 10.00. The van der Waals surface area contributed by atoms with Crippen molar-refractivity contribution >= 4 is 12.4 Å². The molecule has 0 bridgehead atoms. The van der Waals surface area contributed by atoms with E-state index in [1.807, 2.05) is 0 Å². The van der Waals surface area contributed by atoms with Crippen LogP contribution in [0.4, 0.5) is 0 Å². The van der Waals surface area contributed by atoms with E-state index in [2.05, 4.69) is 29.1 Å². The van der Waals surface area contributed by atoms with Crippen molar-refractivity contribution in [3.8, 4) is 0 Å². The lowest BCUT2D eigenvalue weighted by atomic mass is 10.1. The molecule has 0 aliphatic carbocycles. The molecule has 3 nitrogen and oxygen atoms in total. The van der Waals surface area contributed by atoms with Crippen LogP contribution in [0.5, 0.6) is 0 Å². The summed E-state index contributed by atoms with van der Waals surface area (Å²) in [7, 11) is 0. The maximum absolute atomic E-state index is 4.34. The minimum Gasteiger partial charge on any atom is -0.317 e. The number of hydrogen-bond donors (Lipinski definition) is 1. The average Bonchev–Trinajstić information content (AvgIpc) is 2.64. The van der Waals surface area contributed by atoms with Crippen LogP contribution >= 0.6 is 0 Å². The van der Waals surface area contributed by atoms with Gasteiger partial charge < -0.3 is 5.32 Å².